The molecule has 0 unspecified atom stereocenters. The molecule has 1 aromatic heterocycles. The van der Waals surface area contributed by atoms with Gasteiger partial charge in [0.15, 0.2) is 0 Å². The van der Waals surface area contributed by atoms with E-state index in [1.807, 2.05) is 41.5 Å². The van der Waals surface area contributed by atoms with E-state index in [4.69, 9.17) is 5.73 Å². The van der Waals surface area contributed by atoms with Crippen molar-refractivity contribution in [3.63, 3.8) is 0 Å². The van der Waals surface area contributed by atoms with Crippen LogP contribution in [0.15, 0.2) is 12.5 Å². The molecule has 5 atom stereocenters. The van der Waals surface area contributed by atoms with Crippen molar-refractivity contribution in [3.8, 4) is 0 Å². The number of aromatic nitrogens is 2. The Balaban J connectivity index is 2.16. The molecule has 230 valence electrons. The summed E-state index contributed by atoms with van der Waals surface area (Å²) in [6.07, 6.45) is 4.56. The van der Waals surface area contributed by atoms with Crippen LogP contribution in [0.5, 0.6) is 0 Å². The van der Waals surface area contributed by atoms with E-state index in [2.05, 4.69) is 25.9 Å². The molecule has 4 amide bonds. The van der Waals surface area contributed by atoms with E-state index in [9.17, 15) is 29.1 Å². The molecular formula is C28H47N7O6. The Morgan fingerprint density at radius 2 is 1.54 bits per heavy atom. The Hall–Kier alpha value is -3.48. The standard InChI is InChI=1S/C28H47N7O6/c1-15(2)10-19(25(37)34-21(28(40)41)12-18-13-30-14-31-18)32-24(36)20(11-16(3)4)33-26(38)22-8-7-9-35(22)27(39)23(29)17(5)6/h13-17,19-23H,7-12,29H2,1-6H3,(H,30,31)(H,32,36)(H,33,38)(H,34,37)(H,40,41)/t19-,20-,21-,22-,23-/m0/s1. The molecule has 2 rings (SSSR count). The molecular weight excluding hydrogens is 530 g/mol. The largest absolute Gasteiger partial charge is 0.480 e. The van der Waals surface area contributed by atoms with E-state index in [0.29, 0.717) is 31.5 Å². The SMILES string of the molecule is CC(C)C[C@H](NC(=O)[C@H](CC(C)C)NC(=O)[C@@H]1CCCN1C(=O)[C@@H](N)C(C)C)C(=O)N[C@@H](Cc1cnc[nH]1)C(=O)O. The van der Waals surface area contributed by atoms with Crippen molar-refractivity contribution in [3.05, 3.63) is 18.2 Å². The molecule has 0 aromatic carbocycles. The fourth-order valence-electron chi connectivity index (χ4n) is 4.81. The lowest BCUT2D eigenvalue weighted by Crippen LogP contribution is -2.58. The van der Waals surface area contributed by atoms with Crippen molar-refractivity contribution in [2.45, 2.75) is 104 Å². The summed E-state index contributed by atoms with van der Waals surface area (Å²) < 4.78 is 0. The van der Waals surface area contributed by atoms with Gasteiger partial charge in [0.25, 0.3) is 0 Å². The Kier molecular flexibility index (Phi) is 12.8. The molecule has 1 aromatic rings. The van der Waals surface area contributed by atoms with Gasteiger partial charge >= 0.3 is 5.97 Å². The molecule has 1 aliphatic heterocycles. The van der Waals surface area contributed by atoms with Crippen molar-refractivity contribution in [2.75, 3.05) is 6.54 Å². The maximum absolute atomic E-state index is 13.5. The smallest absolute Gasteiger partial charge is 0.326 e. The number of likely N-dealkylation sites (tertiary alicyclic amines) is 1. The monoisotopic (exact) mass is 577 g/mol. The van der Waals surface area contributed by atoms with Gasteiger partial charge in [0.05, 0.1) is 12.4 Å². The first-order chi connectivity index (χ1) is 19.2. The van der Waals surface area contributed by atoms with Gasteiger partial charge in [0.2, 0.25) is 23.6 Å². The third kappa shape index (κ3) is 10.1. The number of nitrogens with one attached hydrogen (secondary N) is 4. The quantitative estimate of drug-likeness (QED) is 0.174. The van der Waals surface area contributed by atoms with Crippen LogP contribution in [0.4, 0.5) is 0 Å². The molecule has 0 aliphatic carbocycles. The fourth-order valence-corrected chi connectivity index (χ4v) is 4.81. The number of nitrogens with zero attached hydrogens (tertiary/aromatic N) is 2. The second kappa shape index (κ2) is 15.5. The zero-order chi connectivity index (χ0) is 30.9. The molecule has 13 nitrogen and oxygen atoms in total. The molecule has 13 heteroatoms. The van der Waals surface area contributed by atoms with E-state index in [1.165, 1.54) is 17.4 Å². The number of carbonyl (C=O) groups excluding carboxylic acids is 4. The molecule has 2 heterocycles. The van der Waals surface area contributed by atoms with Crippen molar-refractivity contribution in [1.82, 2.24) is 30.8 Å². The number of amides is 4. The highest BCUT2D eigenvalue weighted by molar-refractivity contribution is 5.95. The number of hydrogen-bond acceptors (Lipinski definition) is 7. The number of rotatable bonds is 15. The third-order valence-electron chi connectivity index (χ3n) is 7.12. The molecule has 41 heavy (non-hydrogen) atoms. The Morgan fingerprint density at radius 1 is 0.976 bits per heavy atom. The lowest BCUT2D eigenvalue weighted by Gasteiger charge is -2.30. The van der Waals surface area contributed by atoms with Gasteiger partial charge in [0.1, 0.15) is 24.2 Å². The Labute approximate surface area is 241 Å². The maximum atomic E-state index is 13.5. The van der Waals surface area contributed by atoms with E-state index < -0.39 is 53.9 Å². The summed E-state index contributed by atoms with van der Waals surface area (Å²) in [6, 6.07) is -4.67. The number of nitrogens with two attached hydrogens (primary N) is 1. The average Bonchev–Trinajstić information content (AvgIpc) is 3.58. The zero-order valence-corrected chi connectivity index (χ0v) is 25.0. The highest BCUT2D eigenvalue weighted by atomic mass is 16.4. The molecule has 1 aliphatic rings. The molecule has 1 saturated heterocycles. The Morgan fingerprint density at radius 3 is 2.02 bits per heavy atom. The van der Waals surface area contributed by atoms with Gasteiger partial charge in [-0.05, 0) is 43.4 Å². The van der Waals surface area contributed by atoms with E-state index >= 15 is 0 Å². The van der Waals surface area contributed by atoms with Gasteiger partial charge in [-0.3, -0.25) is 19.2 Å². The Bertz CT molecular complexity index is 1040. The second-order valence-corrected chi connectivity index (χ2v) is 12.0. The topological polar surface area (TPSA) is 200 Å². The number of aromatic amines is 1. The van der Waals surface area contributed by atoms with Crippen LogP contribution in [-0.2, 0) is 30.4 Å². The highest BCUT2D eigenvalue weighted by Gasteiger charge is 2.38. The first kappa shape index (κ1) is 33.7. The van der Waals surface area contributed by atoms with Gasteiger partial charge in [-0.15, -0.1) is 0 Å². The minimum absolute atomic E-state index is 0.00306. The minimum atomic E-state index is -1.23. The summed E-state index contributed by atoms with van der Waals surface area (Å²) in [6.45, 7) is 11.7. The molecule has 7 N–H and O–H groups in total. The summed E-state index contributed by atoms with van der Waals surface area (Å²) in [5.41, 5.74) is 6.60. The first-order valence-corrected chi connectivity index (χ1v) is 14.4. The van der Waals surface area contributed by atoms with Crippen molar-refractivity contribution < 1.29 is 29.1 Å². The predicted octanol–water partition coefficient (Wildman–Crippen LogP) is 0.558. The van der Waals surface area contributed by atoms with Crippen LogP contribution >= 0.6 is 0 Å². The highest BCUT2D eigenvalue weighted by Crippen LogP contribution is 2.20. The lowest BCUT2D eigenvalue weighted by atomic mass is 9.99. The number of imidazole rings is 1. The van der Waals surface area contributed by atoms with Crippen LogP contribution < -0.4 is 21.7 Å². The predicted molar refractivity (Wildman–Crippen MR) is 152 cm³/mol. The number of carboxylic acid groups (broad SMARTS) is 1. The van der Waals surface area contributed by atoms with Gasteiger partial charge in [-0.1, -0.05) is 41.5 Å². The number of hydrogen-bond donors (Lipinski definition) is 6. The third-order valence-corrected chi connectivity index (χ3v) is 7.12. The average molecular weight is 578 g/mol. The van der Waals surface area contributed by atoms with E-state index in [-0.39, 0.29) is 36.5 Å². The number of carbonyl (C=O) groups is 5. The number of aliphatic carboxylic acids is 1. The maximum Gasteiger partial charge on any atom is 0.326 e. The van der Waals surface area contributed by atoms with Crippen LogP contribution in [0.2, 0.25) is 0 Å². The second-order valence-electron chi connectivity index (χ2n) is 12.0. The lowest BCUT2D eigenvalue weighted by molar-refractivity contribution is -0.142. The molecule has 1 fully saturated rings. The normalized spacial score (nSPS) is 18.2. The molecule has 0 bridgehead atoms. The zero-order valence-electron chi connectivity index (χ0n) is 25.0. The summed E-state index contributed by atoms with van der Waals surface area (Å²) in [5, 5.41) is 17.7. The molecule has 0 saturated carbocycles. The van der Waals surface area contributed by atoms with Crippen molar-refractivity contribution in [2.24, 2.45) is 23.5 Å². The van der Waals surface area contributed by atoms with Gasteiger partial charge in [-0.2, -0.15) is 0 Å². The minimum Gasteiger partial charge on any atom is -0.480 e. The van der Waals surface area contributed by atoms with E-state index in [0.717, 1.165) is 0 Å². The van der Waals surface area contributed by atoms with E-state index in [1.54, 1.807) is 0 Å². The molecule has 0 radical (unpaired) electrons. The van der Waals surface area contributed by atoms with Crippen LogP contribution in [0.25, 0.3) is 0 Å². The van der Waals surface area contributed by atoms with Crippen LogP contribution in [-0.4, -0.2) is 86.3 Å². The summed E-state index contributed by atoms with van der Waals surface area (Å²) in [5.74, 6) is -3.20. The fraction of sp³-hybridized carbons (Fsp3) is 0.714. The summed E-state index contributed by atoms with van der Waals surface area (Å²) >= 11 is 0. The number of H-pyrrole nitrogens is 1. The van der Waals surface area contributed by atoms with Gasteiger partial charge in [0, 0.05) is 24.9 Å². The van der Waals surface area contributed by atoms with Gasteiger partial charge in [-0.25, -0.2) is 9.78 Å². The van der Waals surface area contributed by atoms with Crippen molar-refractivity contribution in [1.29, 1.82) is 0 Å². The van der Waals surface area contributed by atoms with Crippen molar-refractivity contribution >= 4 is 29.6 Å². The molecule has 0 spiro atoms. The van der Waals surface area contributed by atoms with Crippen LogP contribution in [0.3, 0.4) is 0 Å². The van der Waals surface area contributed by atoms with Crippen LogP contribution in [0.1, 0.15) is 72.9 Å². The van der Waals surface area contributed by atoms with Crippen LogP contribution in [0, 0.1) is 17.8 Å². The number of carboxylic acids is 1. The first-order valence-electron chi connectivity index (χ1n) is 14.4. The summed E-state index contributed by atoms with van der Waals surface area (Å²) in [4.78, 5) is 73.0. The summed E-state index contributed by atoms with van der Waals surface area (Å²) in [7, 11) is 0. The van der Waals surface area contributed by atoms with Gasteiger partial charge < -0.3 is 36.7 Å².